The lowest BCUT2D eigenvalue weighted by Gasteiger charge is -2.29. The Morgan fingerprint density at radius 3 is 2.81 bits per heavy atom. The lowest BCUT2D eigenvalue weighted by molar-refractivity contribution is -0.116. The van der Waals surface area contributed by atoms with Gasteiger partial charge in [-0.1, -0.05) is 36.4 Å². The van der Waals surface area contributed by atoms with E-state index in [4.69, 9.17) is 4.74 Å². The first-order valence-corrected chi connectivity index (χ1v) is 9.64. The SMILES string of the molecule is COc1ccc2c(c1)CN(CCCCNC(=O)/C=C/c1ccccc1)CC2. The molecule has 0 radical (unpaired) electrons. The Hall–Kier alpha value is -2.59. The average Bonchev–Trinajstić information content (AvgIpc) is 2.72. The molecule has 0 saturated carbocycles. The fourth-order valence-corrected chi connectivity index (χ4v) is 3.38. The summed E-state index contributed by atoms with van der Waals surface area (Å²) in [6, 6.07) is 16.2. The Morgan fingerprint density at radius 2 is 2.00 bits per heavy atom. The highest BCUT2D eigenvalue weighted by atomic mass is 16.5. The predicted octanol–water partition coefficient (Wildman–Crippen LogP) is 3.66. The maximum atomic E-state index is 11.9. The van der Waals surface area contributed by atoms with Crippen LogP contribution in [0.2, 0.25) is 0 Å². The quantitative estimate of drug-likeness (QED) is 0.574. The first-order valence-electron chi connectivity index (χ1n) is 9.64. The number of hydrogen-bond acceptors (Lipinski definition) is 3. The fourth-order valence-electron chi connectivity index (χ4n) is 3.38. The van der Waals surface area contributed by atoms with Gasteiger partial charge in [-0.05, 0) is 60.7 Å². The third kappa shape index (κ3) is 5.97. The van der Waals surface area contributed by atoms with Gasteiger partial charge >= 0.3 is 0 Å². The zero-order valence-corrected chi connectivity index (χ0v) is 16.0. The van der Waals surface area contributed by atoms with Gasteiger partial charge < -0.3 is 10.1 Å². The van der Waals surface area contributed by atoms with Crippen LogP contribution >= 0.6 is 0 Å². The van der Waals surface area contributed by atoms with E-state index < -0.39 is 0 Å². The number of fused-ring (bicyclic) bond motifs is 1. The van der Waals surface area contributed by atoms with Crippen LogP contribution in [0.4, 0.5) is 0 Å². The van der Waals surface area contributed by atoms with Gasteiger partial charge in [-0.3, -0.25) is 9.69 Å². The number of carbonyl (C=O) groups is 1. The summed E-state index contributed by atoms with van der Waals surface area (Å²) < 4.78 is 5.33. The van der Waals surface area contributed by atoms with Crippen molar-refractivity contribution in [2.75, 3.05) is 26.7 Å². The molecule has 1 N–H and O–H groups in total. The number of benzene rings is 2. The van der Waals surface area contributed by atoms with E-state index in [9.17, 15) is 4.79 Å². The molecule has 0 atom stereocenters. The Labute approximate surface area is 161 Å². The molecule has 1 aliphatic heterocycles. The maximum Gasteiger partial charge on any atom is 0.243 e. The van der Waals surface area contributed by atoms with Gasteiger partial charge in [0.25, 0.3) is 0 Å². The molecule has 0 spiro atoms. The third-order valence-corrected chi connectivity index (χ3v) is 4.93. The number of rotatable bonds is 8. The number of carbonyl (C=O) groups excluding carboxylic acids is 1. The first kappa shape index (κ1) is 19.2. The van der Waals surface area contributed by atoms with Crippen LogP contribution in [0.25, 0.3) is 6.08 Å². The molecule has 27 heavy (non-hydrogen) atoms. The van der Waals surface area contributed by atoms with Crippen molar-refractivity contribution < 1.29 is 9.53 Å². The second-order valence-corrected chi connectivity index (χ2v) is 6.90. The molecule has 1 aliphatic rings. The van der Waals surface area contributed by atoms with Crippen LogP contribution in [0.3, 0.4) is 0 Å². The van der Waals surface area contributed by atoms with Gasteiger partial charge in [0.2, 0.25) is 5.91 Å². The van der Waals surface area contributed by atoms with Crippen LogP contribution in [0.5, 0.6) is 5.75 Å². The molecular weight excluding hydrogens is 336 g/mol. The molecule has 0 fully saturated rings. The molecule has 3 rings (SSSR count). The number of hydrogen-bond donors (Lipinski definition) is 1. The van der Waals surface area contributed by atoms with Crippen LogP contribution < -0.4 is 10.1 Å². The molecule has 142 valence electrons. The zero-order chi connectivity index (χ0) is 18.9. The largest absolute Gasteiger partial charge is 0.497 e. The van der Waals surface area contributed by atoms with E-state index in [1.54, 1.807) is 13.2 Å². The third-order valence-electron chi connectivity index (χ3n) is 4.93. The van der Waals surface area contributed by atoms with Crippen molar-refractivity contribution in [1.82, 2.24) is 10.2 Å². The van der Waals surface area contributed by atoms with E-state index in [-0.39, 0.29) is 5.91 Å². The number of methoxy groups -OCH3 is 1. The molecule has 0 aromatic heterocycles. The Kier molecular flexibility index (Phi) is 7.05. The number of unbranched alkanes of at least 4 members (excludes halogenated alkanes) is 1. The topological polar surface area (TPSA) is 41.6 Å². The van der Waals surface area contributed by atoms with Crippen molar-refractivity contribution in [3.05, 3.63) is 71.3 Å². The van der Waals surface area contributed by atoms with Crippen molar-refractivity contribution in [2.45, 2.75) is 25.8 Å². The summed E-state index contributed by atoms with van der Waals surface area (Å²) in [7, 11) is 1.71. The summed E-state index contributed by atoms with van der Waals surface area (Å²) in [5.41, 5.74) is 3.85. The maximum absolute atomic E-state index is 11.9. The molecule has 1 heterocycles. The summed E-state index contributed by atoms with van der Waals surface area (Å²) in [6.07, 6.45) is 6.62. The summed E-state index contributed by atoms with van der Waals surface area (Å²) in [5.74, 6) is 0.903. The van der Waals surface area contributed by atoms with Crippen LogP contribution in [-0.2, 0) is 17.8 Å². The van der Waals surface area contributed by atoms with Crippen LogP contribution in [0, 0.1) is 0 Å². The molecule has 2 aromatic carbocycles. The molecule has 4 nitrogen and oxygen atoms in total. The van der Waals surface area contributed by atoms with E-state index >= 15 is 0 Å². The van der Waals surface area contributed by atoms with Crippen molar-refractivity contribution >= 4 is 12.0 Å². The summed E-state index contributed by atoms with van der Waals surface area (Å²) in [6.45, 7) is 3.87. The Morgan fingerprint density at radius 1 is 1.15 bits per heavy atom. The Balaban J connectivity index is 1.33. The van der Waals surface area contributed by atoms with Crippen molar-refractivity contribution in [3.63, 3.8) is 0 Å². The second kappa shape index (κ2) is 9.93. The van der Waals surface area contributed by atoms with Gasteiger partial charge in [-0.15, -0.1) is 0 Å². The molecule has 4 heteroatoms. The minimum Gasteiger partial charge on any atom is -0.497 e. The molecular formula is C23H28N2O2. The smallest absolute Gasteiger partial charge is 0.243 e. The second-order valence-electron chi connectivity index (χ2n) is 6.90. The number of ether oxygens (including phenoxy) is 1. The van der Waals surface area contributed by atoms with E-state index in [1.165, 1.54) is 11.1 Å². The van der Waals surface area contributed by atoms with Gasteiger partial charge in [-0.25, -0.2) is 0 Å². The van der Waals surface area contributed by atoms with E-state index in [0.29, 0.717) is 0 Å². The average molecular weight is 364 g/mol. The van der Waals surface area contributed by atoms with Gasteiger partial charge in [0.15, 0.2) is 0 Å². The normalized spacial score (nSPS) is 14.1. The van der Waals surface area contributed by atoms with E-state index in [0.717, 1.165) is 56.8 Å². The van der Waals surface area contributed by atoms with Gasteiger partial charge in [-0.2, -0.15) is 0 Å². The first-order chi connectivity index (χ1) is 13.2. The van der Waals surface area contributed by atoms with Gasteiger partial charge in [0.1, 0.15) is 5.75 Å². The molecule has 1 amide bonds. The number of amides is 1. The lowest BCUT2D eigenvalue weighted by atomic mass is 9.99. The fraction of sp³-hybridized carbons (Fsp3) is 0.348. The van der Waals surface area contributed by atoms with Gasteiger partial charge in [0, 0.05) is 25.7 Å². The molecule has 0 bridgehead atoms. The highest BCUT2D eigenvalue weighted by molar-refractivity contribution is 5.91. The zero-order valence-electron chi connectivity index (χ0n) is 16.0. The molecule has 2 aromatic rings. The van der Waals surface area contributed by atoms with E-state index in [2.05, 4.69) is 22.3 Å². The van der Waals surface area contributed by atoms with Crippen molar-refractivity contribution in [3.8, 4) is 5.75 Å². The van der Waals surface area contributed by atoms with Crippen molar-refractivity contribution in [2.24, 2.45) is 0 Å². The highest BCUT2D eigenvalue weighted by Gasteiger charge is 2.16. The predicted molar refractivity (Wildman–Crippen MR) is 110 cm³/mol. The van der Waals surface area contributed by atoms with Crippen LogP contribution in [0.15, 0.2) is 54.6 Å². The summed E-state index contributed by atoms with van der Waals surface area (Å²) in [5, 5.41) is 2.96. The van der Waals surface area contributed by atoms with Crippen molar-refractivity contribution in [1.29, 1.82) is 0 Å². The Bertz CT molecular complexity index is 771. The van der Waals surface area contributed by atoms with Crippen LogP contribution in [-0.4, -0.2) is 37.6 Å². The minimum absolute atomic E-state index is 0.0298. The standard InChI is InChI=1S/C23H28N2O2/c1-27-22-11-10-20-13-16-25(18-21(20)17-22)15-6-5-14-24-23(26)12-9-19-7-3-2-4-8-19/h2-4,7-12,17H,5-6,13-16,18H2,1H3,(H,24,26)/b12-9+. The minimum atomic E-state index is -0.0298. The van der Waals surface area contributed by atoms with Crippen LogP contribution in [0.1, 0.15) is 29.5 Å². The molecule has 0 saturated heterocycles. The van der Waals surface area contributed by atoms with E-state index in [1.807, 2.05) is 42.5 Å². The summed E-state index contributed by atoms with van der Waals surface area (Å²) in [4.78, 5) is 14.3. The molecule has 0 aliphatic carbocycles. The lowest BCUT2D eigenvalue weighted by Crippen LogP contribution is -2.32. The highest BCUT2D eigenvalue weighted by Crippen LogP contribution is 2.23. The molecule has 0 unspecified atom stereocenters. The summed E-state index contributed by atoms with van der Waals surface area (Å²) >= 11 is 0. The van der Waals surface area contributed by atoms with Gasteiger partial charge in [0.05, 0.1) is 7.11 Å². The number of nitrogens with zero attached hydrogens (tertiary/aromatic N) is 1. The number of nitrogens with one attached hydrogen (secondary N) is 1. The monoisotopic (exact) mass is 364 g/mol.